The Bertz CT molecular complexity index is 1180. The summed E-state index contributed by atoms with van der Waals surface area (Å²) in [6.45, 7) is 0.640. The highest BCUT2D eigenvalue weighted by Crippen LogP contribution is 2.32. The van der Waals surface area contributed by atoms with Gasteiger partial charge in [0.2, 0.25) is 5.82 Å². The first-order chi connectivity index (χ1) is 14.8. The number of hydrogen-bond donors (Lipinski definition) is 1. The number of carbonyl (C=O) groups is 1. The number of para-hydroxylation sites is 2. The minimum absolute atomic E-state index is 0.0618. The monoisotopic (exact) mass is 456 g/mol. The lowest BCUT2D eigenvalue weighted by Crippen LogP contribution is -2.48. The molecule has 0 saturated carbocycles. The average molecular weight is 456 g/mol. The van der Waals surface area contributed by atoms with Crippen molar-refractivity contribution in [2.45, 2.75) is 31.5 Å². The Morgan fingerprint density at radius 1 is 1.09 bits per heavy atom. The van der Waals surface area contributed by atoms with E-state index in [2.05, 4.69) is 15.0 Å². The third kappa shape index (κ3) is 5.11. The second kappa shape index (κ2) is 8.07. The summed E-state index contributed by atoms with van der Waals surface area (Å²) in [6.07, 6.45) is -9.72. The molecule has 0 radical (unpaired) electrons. The number of carbonyl (C=O) groups excluding carboxylic acids is 1. The lowest BCUT2D eigenvalue weighted by atomic mass is 10.0. The second-order valence-corrected chi connectivity index (χ2v) is 6.98. The summed E-state index contributed by atoms with van der Waals surface area (Å²) in [6, 6.07) is 11.4. The standard InChI is InChI=1S/C20H14F6N4O2/c1-18(10-27,29-16(31)12-6-8-13(9-7-12)32-20(24,25)26)11-30-15-5-3-2-4-14(15)28-17(30)19(21,22)23/h2-9H,11H2,1H3,(H,29,31). The molecular formula is C20H14F6N4O2. The molecule has 0 aliphatic rings. The molecule has 6 nitrogen and oxygen atoms in total. The second-order valence-electron chi connectivity index (χ2n) is 6.98. The van der Waals surface area contributed by atoms with E-state index >= 15 is 0 Å². The third-order valence-corrected chi connectivity index (χ3v) is 4.37. The fourth-order valence-electron chi connectivity index (χ4n) is 3.00. The topological polar surface area (TPSA) is 79.9 Å². The molecule has 168 valence electrons. The van der Waals surface area contributed by atoms with Crippen LogP contribution in [-0.2, 0) is 12.7 Å². The molecule has 0 aliphatic carbocycles. The third-order valence-electron chi connectivity index (χ3n) is 4.37. The minimum Gasteiger partial charge on any atom is -0.406 e. The van der Waals surface area contributed by atoms with Crippen molar-refractivity contribution in [1.29, 1.82) is 5.26 Å². The number of nitriles is 1. The average Bonchev–Trinajstić information content (AvgIpc) is 3.06. The molecule has 0 spiro atoms. The van der Waals surface area contributed by atoms with Gasteiger partial charge in [-0.2, -0.15) is 18.4 Å². The van der Waals surface area contributed by atoms with Crippen molar-refractivity contribution < 1.29 is 35.9 Å². The Kier molecular flexibility index (Phi) is 5.78. The number of alkyl halides is 6. The smallest absolute Gasteiger partial charge is 0.406 e. The van der Waals surface area contributed by atoms with Crippen LogP contribution in [0.3, 0.4) is 0 Å². The predicted molar refractivity (Wildman–Crippen MR) is 99.3 cm³/mol. The van der Waals surface area contributed by atoms with E-state index in [0.29, 0.717) is 0 Å². The first-order valence-corrected chi connectivity index (χ1v) is 8.93. The highest BCUT2D eigenvalue weighted by Gasteiger charge is 2.40. The SMILES string of the molecule is CC(C#N)(Cn1c(C(F)(F)F)nc2ccccc21)NC(=O)c1ccc(OC(F)(F)F)cc1. The highest BCUT2D eigenvalue weighted by molar-refractivity contribution is 5.95. The first kappa shape index (κ1) is 22.9. The van der Waals surface area contributed by atoms with Gasteiger partial charge in [0.1, 0.15) is 11.3 Å². The Labute approximate surface area is 177 Å². The summed E-state index contributed by atoms with van der Waals surface area (Å²) in [5.74, 6) is -2.66. The predicted octanol–water partition coefficient (Wildman–Crippen LogP) is 4.67. The van der Waals surface area contributed by atoms with E-state index in [1.54, 1.807) is 6.07 Å². The van der Waals surface area contributed by atoms with E-state index in [4.69, 9.17) is 0 Å². The fourth-order valence-corrected chi connectivity index (χ4v) is 3.00. The zero-order valence-electron chi connectivity index (χ0n) is 16.3. The summed E-state index contributed by atoms with van der Waals surface area (Å²) in [4.78, 5) is 16.1. The van der Waals surface area contributed by atoms with Crippen LogP contribution >= 0.6 is 0 Å². The molecule has 0 saturated heterocycles. The Hall–Kier alpha value is -3.75. The summed E-state index contributed by atoms with van der Waals surface area (Å²) >= 11 is 0. The Balaban J connectivity index is 1.87. The van der Waals surface area contributed by atoms with Crippen LogP contribution in [-0.4, -0.2) is 27.4 Å². The molecule has 3 aromatic rings. The van der Waals surface area contributed by atoms with E-state index in [9.17, 15) is 36.4 Å². The molecule has 0 fully saturated rings. The molecule has 1 amide bonds. The van der Waals surface area contributed by atoms with Gasteiger partial charge in [-0.25, -0.2) is 4.98 Å². The highest BCUT2D eigenvalue weighted by atomic mass is 19.4. The zero-order valence-corrected chi connectivity index (χ0v) is 16.3. The maximum absolute atomic E-state index is 13.5. The van der Waals surface area contributed by atoms with Gasteiger partial charge < -0.3 is 14.6 Å². The molecule has 12 heteroatoms. The van der Waals surface area contributed by atoms with Gasteiger partial charge >= 0.3 is 12.5 Å². The number of amides is 1. The van der Waals surface area contributed by atoms with Crippen molar-refractivity contribution in [2.75, 3.05) is 0 Å². The van der Waals surface area contributed by atoms with E-state index in [1.807, 2.05) is 0 Å². The molecule has 1 heterocycles. The van der Waals surface area contributed by atoms with Crippen LogP contribution in [0.2, 0.25) is 0 Å². The van der Waals surface area contributed by atoms with Crippen LogP contribution in [0.1, 0.15) is 23.1 Å². The van der Waals surface area contributed by atoms with Crippen molar-refractivity contribution in [1.82, 2.24) is 14.9 Å². The largest absolute Gasteiger partial charge is 0.573 e. The summed E-state index contributed by atoms with van der Waals surface area (Å²) in [5.41, 5.74) is -1.75. The van der Waals surface area contributed by atoms with Crippen molar-refractivity contribution in [3.8, 4) is 11.8 Å². The molecule has 1 aromatic heterocycles. The molecule has 1 N–H and O–H groups in total. The molecule has 32 heavy (non-hydrogen) atoms. The van der Waals surface area contributed by atoms with Gasteiger partial charge in [0.25, 0.3) is 5.91 Å². The lowest BCUT2D eigenvalue weighted by Gasteiger charge is -2.25. The van der Waals surface area contributed by atoms with Gasteiger partial charge in [-0.3, -0.25) is 4.79 Å². The zero-order chi connectivity index (χ0) is 23.7. The molecule has 0 aliphatic heterocycles. The van der Waals surface area contributed by atoms with Crippen molar-refractivity contribution >= 4 is 16.9 Å². The molecule has 1 unspecified atom stereocenters. The van der Waals surface area contributed by atoms with Gasteiger partial charge in [0.05, 0.1) is 23.6 Å². The molecule has 0 bridgehead atoms. The van der Waals surface area contributed by atoms with Gasteiger partial charge in [0, 0.05) is 5.56 Å². The number of hydrogen-bond acceptors (Lipinski definition) is 4. The number of ether oxygens (including phenoxy) is 1. The normalized spacial score (nSPS) is 13.9. The van der Waals surface area contributed by atoms with Crippen LogP contribution in [0.4, 0.5) is 26.3 Å². The number of benzene rings is 2. The van der Waals surface area contributed by atoms with Crippen LogP contribution in [0.5, 0.6) is 5.75 Å². The molecule has 2 aromatic carbocycles. The van der Waals surface area contributed by atoms with Crippen molar-refractivity contribution in [3.05, 3.63) is 59.9 Å². The number of fused-ring (bicyclic) bond motifs is 1. The Morgan fingerprint density at radius 2 is 1.72 bits per heavy atom. The van der Waals surface area contributed by atoms with Crippen molar-refractivity contribution in [2.24, 2.45) is 0 Å². The molecular weight excluding hydrogens is 442 g/mol. The number of imidazole rings is 1. The van der Waals surface area contributed by atoms with E-state index in [1.165, 1.54) is 31.2 Å². The quantitative estimate of drug-likeness (QED) is 0.566. The number of nitrogens with zero attached hydrogens (tertiary/aromatic N) is 3. The van der Waals surface area contributed by atoms with Crippen molar-refractivity contribution in [3.63, 3.8) is 0 Å². The first-order valence-electron chi connectivity index (χ1n) is 8.93. The fraction of sp³-hybridized carbons (Fsp3) is 0.250. The van der Waals surface area contributed by atoms with Gasteiger partial charge in [-0.1, -0.05) is 12.1 Å². The maximum atomic E-state index is 13.5. The summed E-state index contributed by atoms with van der Waals surface area (Å²) in [5, 5.41) is 11.9. The van der Waals surface area contributed by atoms with Crippen LogP contribution in [0, 0.1) is 11.3 Å². The van der Waals surface area contributed by atoms with Crippen LogP contribution < -0.4 is 10.1 Å². The van der Waals surface area contributed by atoms with Gasteiger partial charge in [-0.05, 0) is 43.3 Å². The van der Waals surface area contributed by atoms with Crippen LogP contribution in [0.25, 0.3) is 11.0 Å². The Morgan fingerprint density at radius 3 is 2.28 bits per heavy atom. The minimum atomic E-state index is -4.91. The lowest BCUT2D eigenvalue weighted by molar-refractivity contribution is -0.274. The van der Waals surface area contributed by atoms with Crippen LogP contribution in [0.15, 0.2) is 48.5 Å². The summed E-state index contributed by atoms with van der Waals surface area (Å²) < 4.78 is 81.8. The molecule has 3 rings (SSSR count). The van der Waals surface area contributed by atoms with E-state index < -0.39 is 42.1 Å². The van der Waals surface area contributed by atoms with Gasteiger partial charge in [0.15, 0.2) is 0 Å². The maximum Gasteiger partial charge on any atom is 0.573 e. The molecule has 1 atom stereocenters. The van der Waals surface area contributed by atoms with E-state index in [0.717, 1.165) is 28.8 Å². The van der Waals surface area contributed by atoms with Gasteiger partial charge in [-0.15, -0.1) is 13.2 Å². The number of rotatable bonds is 5. The number of aromatic nitrogens is 2. The number of nitrogens with one attached hydrogen (secondary N) is 1. The number of halogens is 6. The summed E-state index contributed by atoms with van der Waals surface area (Å²) in [7, 11) is 0. The van der Waals surface area contributed by atoms with E-state index in [-0.39, 0.29) is 16.6 Å².